The summed E-state index contributed by atoms with van der Waals surface area (Å²) in [6, 6.07) is 8.61. The number of hydrogen-bond acceptors (Lipinski definition) is 2. The van der Waals surface area contributed by atoms with Crippen molar-refractivity contribution in [2.24, 2.45) is 17.6 Å². The number of nitrogens with two attached hydrogens (primary N) is 1. The van der Waals surface area contributed by atoms with Gasteiger partial charge < -0.3 is 5.73 Å². The minimum atomic E-state index is -0.912. The maximum Gasteiger partial charge on any atom is 0.0941 e. The fraction of sp³-hybridized carbons (Fsp3) is 0.579. The Hall–Kier alpha value is -0.970. The first-order valence-corrected chi connectivity index (χ1v) is 9.85. The lowest BCUT2D eigenvalue weighted by atomic mass is 9.80. The summed E-state index contributed by atoms with van der Waals surface area (Å²) in [5.41, 5.74) is 9.62. The molecule has 23 heavy (non-hydrogen) atoms. The molecule has 0 radical (unpaired) electrons. The zero-order valence-corrected chi connectivity index (χ0v) is 15.4. The molecule has 1 aliphatic rings. The van der Waals surface area contributed by atoms with Gasteiger partial charge in [0.05, 0.1) is 11.0 Å². The van der Waals surface area contributed by atoms with Crippen molar-refractivity contribution in [3.63, 3.8) is 0 Å². The van der Waals surface area contributed by atoms with Crippen LogP contribution in [0.25, 0.3) is 5.57 Å². The molecule has 128 valence electrons. The second kappa shape index (κ2) is 8.76. The van der Waals surface area contributed by atoms with Crippen LogP contribution in [0, 0.1) is 11.8 Å². The highest BCUT2D eigenvalue weighted by Crippen LogP contribution is 2.33. The largest absolute Gasteiger partial charge is 0.326 e. The Kier molecular flexibility index (Phi) is 7.00. The van der Waals surface area contributed by atoms with Crippen molar-refractivity contribution in [1.29, 1.82) is 0 Å². The quantitative estimate of drug-likeness (QED) is 0.800. The highest BCUT2D eigenvalue weighted by molar-refractivity contribution is 7.83. The van der Waals surface area contributed by atoms with Gasteiger partial charge >= 0.3 is 0 Å². The molecule has 0 heterocycles. The lowest BCUT2D eigenvalue weighted by Crippen LogP contribution is -2.31. The number of benzene rings is 1. The minimum Gasteiger partial charge on any atom is -0.326 e. The second-order valence-corrected chi connectivity index (χ2v) is 8.66. The standard InChI is InChI=1S/C19H30N2OS/c1-14(2)23(22)21-13-15(3)17-8-10-19(11-9-17)18-6-4-16(12-20)5-7-18/h4-7,10,14-15,17,21H,8-9,11-13,20H2,1-3H3. The molecule has 0 aromatic heterocycles. The number of allylic oxidation sites excluding steroid dienone is 2. The van der Waals surface area contributed by atoms with Crippen LogP contribution < -0.4 is 10.5 Å². The van der Waals surface area contributed by atoms with Crippen molar-refractivity contribution >= 4 is 16.6 Å². The van der Waals surface area contributed by atoms with Crippen molar-refractivity contribution in [2.75, 3.05) is 6.54 Å². The van der Waals surface area contributed by atoms with Gasteiger partial charge in [-0.2, -0.15) is 0 Å². The Balaban J connectivity index is 1.88. The van der Waals surface area contributed by atoms with E-state index in [4.69, 9.17) is 5.73 Å². The molecule has 1 aromatic carbocycles. The highest BCUT2D eigenvalue weighted by atomic mass is 32.2. The molecular weight excluding hydrogens is 304 g/mol. The number of rotatable bonds is 7. The third-order valence-electron chi connectivity index (χ3n) is 4.79. The molecule has 4 heteroatoms. The van der Waals surface area contributed by atoms with Crippen LogP contribution in [0.5, 0.6) is 0 Å². The van der Waals surface area contributed by atoms with E-state index >= 15 is 0 Å². The van der Waals surface area contributed by atoms with Crippen LogP contribution in [-0.2, 0) is 17.5 Å². The molecular formula is C19H30N2OS. The molecule has 3 unspecified atom stereocenters. The van der Waals surface area contributed by atoms with Gasteiger partial charge in [-0.1, -0.05) is 37.3 Å². The van der Waals surface area contributed by atoms with Crippen molar-refractivity contribution in [3.8, 4) is 0 Å². The first kappa shape index (κ1) is 18.4. The summed E-state index contributed by atoms with van der Waals surface area (Å²) < 4.78 is 15.0. The first-order chi connectivity index (χ1) is 11.0. The Labute approximate surface area is 143 Å². The van der Waals surface area contributed by atoms with E-state index in [1.807, 2.05) is 13.8 Å². The lowest BCUT2D eigenvalue weighted by molar-refractivity contribution is 0.335. The van der Waals surface area contributed by atoms with E-state index in [2.05, 4.69) is 42.0 Å². The summed E-state index contributed by atoms with van der Waals surface area (Å²) in [7, 11) is -0.912. The van der Waals surface area contributed by atoms with Gasteiger partial charge in [-0.25, -0.2) is 8.93 Å². The van der Waals surface area contributed by atoms with Crippen molar-refractivity contribution in [1.82, 2.24) is 4.72 Å². The van der Waals surface area contributed by atoms with E-state index in [-0.39, 0.29) is 5.25 Å². The molecule has 1 aliphatic carbocycles. The summed E-state index contributed by atoms with van der Waals surface area (Å²) in [5.74, 6) is 1.23. The van der Waals surface area contributed by atoms with Gasteiger partial charge in [0.2, 0.25) is 0 Å². The van der Waals surface area contributed by atoms with E-state index in [9.17, 15) is 4.21 Å². The molecule has 0 aliphatic heterocycles. The van der Waals surface area contributed by atoms with E-state index in [1.54, 1.807) is 0 Å². The molecule has 0 saturated heterocycles. The first-order valence-electron chi connectivity index (χ1n) is 8.63. The van der Waals surface area contributed by atoms with Crippen LogP contribution in [0.3, 0.4) is 0 Å². The van der Waals surface area contributed by atoms with Crippen LogP contribution in [-0.4, -0.2) is 16.0 Å². The zero-order valence-electron chi connectivity index (χ0n) is 14.5. The molecule has 2 rings (SSSR count). The van der Waals surface area contributed by atoms with Crippen LogP contribution in [0.2, 0.25) is 0 Å². The third-order valence-corrected chi connectivity index (χ3v) is 6.10. The summed E-state index contributed by atoms with van der Waals surface area (Å²) >= 11 is 0. The predicted molar refractivity (Wildman–Crippen MR) is 100 cm³/mol. The average Bonchev–Trinajstić information content (AvgIpc) is 2.59. The zero-order chi connectivity index (χ0) is 16.8. The Morgan fingerprint density at radius 1 is 1.26 bits per heavy atom. The van der Waals surface area contributed by atoms with Gasteiger partial charge in [0.1, 0.15) is 0 Å². The fourth-order valence-corrected chi connectivity index (χ4v) is 3.80. The predicted octanol–water partition coefficient (Wildman–Crippen LogP) is 3.63. The number of nitrogens with one attached hydrogen (secondary N) is 1. The van der Waals surface area contributed by atoms with Crippen LogP contribution in [0.15, 0.2) is 30.3 Å². The average molecular weight is 335 g/mol. The molecule has 1 aromatic rings. The Morgan fingerprint density at radius 3 is 2.48 bits per heavy atom. The smallest absolute Gasteiger partial charge is 0.0941 e. The van der Waals surface area contributed by atoms with E-state index in [0.29, 0.717) is 18.4 Å². The normalized spacial score (nSPS) is 21.1. The summed E-state index contributed by atoms with van der Waals surface area (Å²) in [4.78, 5) is 0. The van der Waals surface area contributed by atoms with Crippen molar-refractivity contribution < 1.29 is 4.21 Å². The number of hydrogen-bond donors (Lipinski definition) is 2. The molecule has 0 spiro atoms. The molecule has 0 amide bonds. The van der Waals surface area contributed by atoms with Crippen molar-refractivity contribution in [2.45, 2.75) is 51.8 Å². The maximum atomic E-state index is 11.8. The molecule has 3 atom stereocenters. The summed E-state index contributed by atoms with van der Waals surface area (Å²) in [6.45, 7) is 7.68. The molecule has 3 N–H and O–H groups in total. The molecule has 0 fully saturated rings. The highest BCUT2D eigenvalue weighted by Gasteiger charge is 2.21. The van der Waals surface area contributed by atoms with Gasteiger partial charge in [-0.05, 0) is 61.6 Å². The van der Waals surface area contributed by atoms with Gasteiger partial charge in [-0.15, -0.1) is 0 Å². The van der Waals surface area contributed by atoms with E-state index < -0.39 is 11.0 Å². The molecule has 0 saturated carbocycles. The monoisotopic (exact) mass is 334 g/mol. The second-order valence-electron chi connectivity index (χ2n) is 6.84. The lowest BCUT2D eigenvalue weighted by Gasteiger charge is -2.28. The Morgan fingerprint density at radius 2 is 1.96 bits per heavy atom. The summed E-state index contributed by atoms with van der Waals surface area (Å²) in [5, 5.41) is 0.177. The van der Waals surface area contributed by atoms with Crippen LogP contribution >= 0.6 is 0 Å². The van der Waals surface area contributed by atoms with E-state index in [1.165, 1.54) is 23.1 Å². The minimum absolute atomic E-state index is 0.177. The third kappa shape index (κ3) is 5.27. The Bertz CT molecular complexity index is 551. The fourth-order valence-electron chi connectivity index (χ4n) is 3.04. The van der Waals surface area contributed by atoms with Crippen molar-refractivity contribution in [3.05, 3.63) is 41.5 Å². The van der Waals surface area contributed by atoms with E-state index in [0.717, 1.165) is 19.4 Å². The van der Waals surface area contributed by atoms with Gasteiger partial charge in [-0.3, -0.25) is 0 Å². The molecule has 0 bridgehead atoms. The van der Waals surface area contributed by atoms with Crippen LogP contribution in [0.4, 0.5) is 0 Å². The van der Waals surface area contributed by atoms with Gasteiger partial charge in [0.25, 0.3) is 0 Å². The summed E-state index contributed by atoms with van der Waals surface area (Å²) in [6.07, 6.45) is 5.85. The SMILES string of the molecule is CC(CNS(=O)C(C)C)C1CC=C(c2ccc(CN)cc2)CC1. The maximum absolute atomic E-state index is 11.8. The van der Waals surface area contributed by atoms with Gasteiger partial charge in [0.15, 0.2) is 0 Å². The molecule has 3 nitrogen and oxygen atoms in total. The van der Waals surface area contributed by atoms with Crippen LogP contribution in [0.1, 0.15) is 51.2 Å². The topological polar surface area (TPSA) is 55.1 Å². The van der Waals surface area contributed by atoms with Gasteiger partial charge in [0, 0.05) is 18.3 Å².